The van der Waals surface area contributed by atoms with Crippen LogP contribution in [0.15, 0.2) is 4.63 Å². The lowest BCUT2D eigenvalue weighted by Gasteiger charge is -2.50. The van der Waals surface area contributed by atoms with Crippen LogP contribution < -0.4 is 15.4 Å². The SMILES string of the molecule is C[n+]1onc(CNC2CC(C)(C)N([O])C(C)(C)C2)c1NC=O. The molecule has 0 unspecified atom stereocenters. The predicted octanol–water partition coefficient (Wildman–Crippen LogP) is 0.524. The minimum atomic E-state index is -0.419. The molecular weight excluding hydrogens is 286 g/mol. The molecule has 0 aromatic carbocycles. The molecule has 2 N–H and O–H groups in total. The summed E-state index contributed by atoms with van der Waals surface area (Å²) in [6, 6.07) is 0.196. The summed E-state index contributed by atoms with van der Waals surface area (Å²) in [4.78, 5) is 10.6. The standard InChI is InChI=1S/C14H24N5O3/c1-13(2)6-10(7-14(3,4)19(13)21)15-8-11-12(16-9-20)18(5)22-17-11/h9-10,15H,6-8H2,1-5H3/p+1. The van der Waals surface area contributed by atoms with Crippen molar-refractivity contribution in [2.24, 2.45) is 7.05 Å². The van der Waals surface area contributed by atoms with E-state index < -0.39 is 11.1 Å². The molecule has 1 fully saturated rings. The highest BCUT2D eigenvalue weighted by molar-refractivity contribution is 5.68. The van der Waals surface area contributed by atoms with Crippen molar-refractivity contribution >= 4 is 12.2 Å². The van der Waals surface area contributed by atoms with Crippen molar-refractivity contribution in [3.63, 3.8) is 0 Å². The Morgan fingerprint density at radius 1 is 1.36 bits per heavy atom. The number of aromatic nitrogens is 2. The van der Waals surface area contributed by atoms with E-state index in [-0.39, 0.29) is 6.04 Å². The van der Waals surface area contributed by atoms with Crippen molar-refractivity contribution in [3.8, 4) is 0 Å². The average molecular weight is 311 g/mol. The molecule has 0 aliphatic carbocycles. The van der Waals surface area contributed by atoms with E-state index in [0.717, 1.165) is 12.8 Å². The minimum absolute atomic E-state index is 0.196. The first-order chi connectivity index (χ1) is 10.2. The van der Waals surface area contributed by atoms with Gasteiger partial charge in [0.2, 0.25) is 5.69 Å². The van der Waals surface area contributed by atoms with Crippen LogP contribution in [0.5, 0.6) is 0 Å². The number of anilines is 1. The molecule has 1 aliphatic heterocycles. The largest absolute Gasteiger partial charge is 0.307 e. The number of amides is 1. The Labute approximate surface area is 130 Å². The fourth-order valence-corrected chi connectivity index (χ4v) is 3.37. The van der Waals surface area contributed by atoms with Gasteiger partial charge in [0.05, 0.1) is 18.7 Å². The number of nitrogens with zero attached hydrogens (tertiary/aromatic N) is 3. The summed E-state index contributed by atoms with van der Waals surface area (Å²) >= 11 is 0. The van der Waals surface area contributed by atoms with Crippen LogP contribution in [0.3, 0.4) is 0 Å². The highest BCUT2D eigenvalue weighted by atomic mass is 16.6. The number of aryl methyl sites for hydroxylation is 1. The van der Waals surface area contributed by atoms with E-state index in [9.17, 15) is 10.0 Å². The van der Waals surface area contributed by atoms with Crippen LogP contribution in [0.1, 0.15) is 46.2 Å². The highest BCUT2D eigenvalue weighted by Crippen LogP contribution is 2.37. The van der Waals surface area contributed by atoms with E-state index in [2.05, 4.69) is 15.8 Å². The van der Waals surface area contributed by atoms with Crippen LogP contribution in [-0.2, 0) is 23.6 Å². The molecule has 22 heavy (non-hydrogen) atoms. The Hall–Kier alpha value is -1.51. The van der Waals surface area contributed by atoms with E-state index >= 15 is 0 Å². The van der Waals surface area contributed by atoms with Crippen LogP contribution in [0.25, 0.3) is 0 Å². The highest BCUT2D eigenvalue weighted by Gasteiger charge is 2.46. The second-order valence-electron chi connectivity index (χ2n) is 7.13. The van der Waals surface area contributed by atoms with Gasteiger partial charge in [0.25, 0.3) is 6.41 Å². The maximum Gasteiger partial charge on any atom is 0.306 e. The first-order valence-electron chi connectivity index (χ1n) is 7.43. The van der Waals surface area contributed by atoms with Crippen molar-refractivity contribution in [1.82, 2.24) is 15.5 Å². The zero-order valence-electron chi connectivity index (χ0n) is 13.8. The molecule has 1 aromatic heterocycles. The lowest BCUT2D eigenvalue weighted by molar-refractivity contribution is -0.842. The molecule has 0 atom stereocenters. The average Bonchev–Trinajstić information content (AvgIpc) is 2.75. The van der Waals surface area contributed by atoms with Crippen molar-refractivity contribution in [2.75, 3.05) is 5.32 Å². The third kappa shape index (κ3) is 3.29. The van der Waals surface area contributed by atoms with E-state index in [4.69, 9.17) is 4.63 Å². The quantitative estimate of drug-likeness (QED) is 0.611. The molecule has 8 heteroatoms. The van der Waals surface area contributed by atoms with E-state index in [0.29, 0.717) is 24.5 Å². The van der Waals surface area contributed by atoms with Gasteiger partial charge in [-0.05, 0) is 40.5 Å². The molecule has 1 amide bonds. The first-order valence-corrected chi connectivity index (χ1v) is 7.43. The van der Waals surface area contributed by atoms with Gasteiger partial charge in [-0.3, -0.25) is 4.79 Å². The van der Waals surface area contributed by atoms with E-state index in [1.807, 2.05) is 27.7 Å². The van der Waals surface area contributed by atoms with Gasteiger partial charge < -0.3 is 5.32 Å². The van der Waals surface area contributed by atoms with Gasteiger partial charge in [0, 0.05) is 17.1 Å². The van der Waals surface area contributed by atoms with Crippen molar-refractivity contribution < 1.29 is 19.4 Å². The molecule has 0 spiro atoms. The van der Waals surface area contributed by atoms with Crippen molar-refractivity contribution in [2.45, 2.75) is 64.2 Å². The van der Waals surface area contributed by atoms with Crippen LogP contribution >= 0.6 is 0 Å². The normalized spacial score (nSPS) is 21.7. The number of hydrogen-bond acceptors (Lipinski definition) is 5. The summed E-state index contributed by atoms with van der Waals surface area (Å²) < 4.78 is 6.44. The van der Waals surface area contributed by atoms with E-state index in [1.54, 1.807) is 7.05 Å². The van der Waals surface area contributed by atoms with Gasteiger partial charge in [-0.2, -0.15) is 0 Å². The zero-order valence-corrected chi connectivity index (χ0v) is 13.8. The van der Waals surface area contributed by atoms with Crippen LogP contribution in [-0.4, -0.2) is 33.7 Å². The zero-order chi connectivity index (χ0) is 16.5. The van der Waals surface area contributed by atoms with Crippen LogP contribution in [0.2, 0.25) is 0 Å². The smallest absolute Gasteiger partial charge is 0.306 e. The van der Waals surface area contributed by atoms with Crippen molar-refractivity contribution in [1.29, 1.82) is 0 Å². The molecule has 1 aromatic rings. The summed E-state index contributed by atoms with van der Waals surface area (Å²) in [7, 11) is 1.67. The predicted molar refractivity (Wildman–Crippen MR) is 77.9 cm³/mol. The molecule has 1 saturated heterocycles. The molecule has 8 nitrogen and oxygen atoms in total. The van der Waals surface area contributed by atoms with Crippen molar-refractivity contribution in [3.05, 3.63) is 5.69 Å². The topological polar surface area (TPSA) is 94.2 Å². The van der Waals surface area contributed by atoms with Gasteiger partial charge in [0.1, 0.15) is 0 Å². The summed E-state index contributed by atoms with van der Waals surface area (Å²) in [5.74, 6) is 0.530. The molecule has 0 saturated carbocycles. The maximum absolute atomic E-state index is 12.3. The number of hydroxylamine groups is 2. The monoisotopic (exact) mass is 311 g/mol. The second kappa shape index (κ2) is 5.94. The van der Waals surface area contributed by atoms with E-state index in [1.165, 1.54) is 9.80 Å². The summed E-state index contributed by atoms with van der Waals surface area (Å²) in [6.07, 6.45) is 2.10. The lowest BCUT2D eigenvalue weighted by atomic mass is 9.79. The summed E-state index contributed by atoms with van der Waals surface area (Å²) in [6.45, 7) is 8.32. The number of piperidine rings is 1. The van der Waals surface area contributed by atoms with Gasteiger partial charge >= 0.3 is 5.82 Å². The Morgan fingerprint density at radius 3 is 2.50 bits per heavy atom. The molecular formula is C14H25N5O3+. The summed E-state index contributed by atoms with van der Waals surface area (Å²) in [5.41, 5.74) is -0.204. The first kappa shape index (κ1) is 16.9. The molecule has 2 heterocycles. The number of carbonyl (C=O) groups excluding carboxylic acids is 1. The second-order valence-corrected chi connectivity index (χ2v) is 7.13. The van der Waals surface area contributed by atoms with Crippen LogP contribution in [0.4, 0.5) is 5.82 Å². The Kier molecular flexibility index (Phi) is 4.55. The molecule has 1 aliphatic rings. The Morgan fingerprint density at radius 2 is 1.95 bits per heavy atom. The molecule has 2 rings (SSSR count). The van der Waals surface area contributed by atoms with Gasteiger partial charge in [-0.1, -0.05) is 4.74 Å². The number of nitrogens with one attached hydrogen (secondary N) is 2. The number of rotatable bonds is 5. The summed E-state index contributed by atoms with van der Waals surface area (Å²) in [5, 5.41) is 23.5. The Balaban J connectivity index is 2.04. The van der Waals surface area contributed by atoms with Crippen LogP contribution in [0, 0.1) is 0 Å². The number of hydrogen-bond donors (Lipinski definition) is 2. The fraction of sp³-hybridized carbons (Fsp3) is 0.786. The molecule has 0 bridgehead atoms. The van der Waals surface area contributed by atoms with Gasteiger partial charge in [-0.15, -0.1) is 14.9 Å². The van der Waals surface area contributed by atoms with Gasteiger partial charge in [-0.25, -0.2) is 5.32 Å². The third-order valence-electron chi connectivity index (χ3n) is 4.21. The maximum atomic E-state index is 12.3. The lowest BCUT2D eigenvalue weighted by Crippen LogP contribution is -2.61. The third-order valence-corrected chi connectivity index (χ3v) is 4.21. The molecule has 1 radical (unpaired) electrons. The molecule has 123 valence electrons. The Bertz CT molecular complexity index is 523. The fourth-order valence-electron chi connectivity index (χ4n) is 3.37. The van der Waals surface area contributed by atoms with Gasteiger partial charge in [0.15, 0.2) is 0 Å². The minimum Gasteiger partial charge on any atom is -0.307 e. The number of carbonyl (C=O) groups is 1.